The van der Waals surface area contributed by atoms with E-state index in [1.807, 2.05) is 0 Å². The van der Waals surface area contributed by atoms with Crippen molar-refractivity contribution in [2.24, 2.45) is 0 Å². The first kappa shape index (κ1) is 25.2. The molecule has 0 bridgehead atoms. The van der Waals surface area contributed by atoms with E-state index < -0.39 is 30.7 Å². The number of ether oxygens (including phenoxy) is 3. The lowest BCUT2D eigenvalue weighted by atomic mass is 10.1. The van der Waals surface area contributed by atoms with E-state index in [9.17, 15) is 23.2 Å². The maximum Gasteiger partial charge on any atom is 0.332 e. The Labute approximate surface area is 205 Å². The van der Waals surface area contributed by atoms with Gasteiger partial charge in [0, 0.05) is 13.0 Å². The fraction of sp³-hybridized carbons (Fsp3) is 0.400. The first-order valence-electron chi connectivity index (χ1n) is 11.5. The summed E-state index contributed by atoms with van der Waals surface area (Å²) in [6.45, 7) is -1.89. The third kappa shape index (κ3) is 4.91. The van der Waals surface area contributed by atoms with Crippen molar-refractivity contribution >= 4 is 16.8 Å². The molecule has 1 fully saturated rings. The van der Waals surface area contributed by atoms with E-state index in [4.69, 9.17) is 14.2 Å². The van der Waals surface area contributed by atoms with E-state index in [0.717, 1.165) is 4.57 Å². The highest BCUT2D eigenvalue weighted by Crippen LogP contribution is 2.28. The normalized spacial score (nSPS) is 15.7. The largest absolute Gasteiger partial charge is 0.493 e. The molecule has 2 aromatic carbocycles. The molecule has 0 radical (unpaired) electrons. The lowest BCUT2D eigenvalue weighted by Gasteiger charge is -2.27. The molecule has 9 nitrogen and oxygen atoms in total. The zero-order valence-corrected chi connectivity index (χ0v) is 20.0. The number of carbonyl (C=O) groups excluding carboxylic acids is 1. The summed E-state index contributed by atoms with van der Waals surface area (Å²) in [7, 11) is 2.99. The molecule has 0 aliphatic carbocycles. The molecule has 1 amide bonds. The number of methoxy groups -OCH3 is 2. The van der Waals surface area contributed by atoms with Crippen LogP contribution in [0.25, 0.3) is 10.9 Å². The van der Waals surface area contributed by atoms with Gasteiger partial charge in [0.15, 0.2) is 17.6 Å². The second-order valence-corrected chi connectivity index (χ2v) is 8.46. The summed E-state index contributed by atoms with van der Waals surface area (Å²) in [6.07, 6.45) is -0.640. The first-order valence-corrected chi connectivity index (χ1v) is 11.5. The number of nitrogens with one attached hydrogen (secondary N) is 1. The van der Waals surface area contributed by atoms with Crippen molar-refractivity contribution < 1.29 is 27.8 Å². The van der Waals surface area contributed by atoms with Crippen LogP contribution < -0.4 is 30.8 Å². The number of fused-ring (bicyclic) bond motifs is 1. The van der Waals surface area contributed by atoms with Crippen LogP contribution in [0.15, 0.2) is 46.0 Å². The molecule has 1 unspecified atom stereocenters. The molecule has 192 valence electrons. The van der Waals surface area contributed by atoms with Crippen molar-refractivity contribution in [3.63, 3.8) is 0 Å². The highest BCUT2D eigenvalue weighted by molar-refractivity contribution is 5.80. The van der Waals surface area contributed by atoms with Crippen LogP contribution >= 0.6 is 0 Å². The van der Waals surface area contributed by atoms with Gasteiger partial charge in [-0.15, -0.1) is 0 Å². The Morgan fingerprint density at radius 3 is 2.42 bits per heavy atom. The molecule has 0 spiro atoms. The fourth-order valence-corrected chi connectivity index (χ4v) is 4.33. The van der Waals surface area contributed by atoms with Crippen molar-refractivity contribution in [2.75, 3.05) is 34.1 Å². The predicted molar refractivity (Wildman–Crippen MR) is 129 cm³/mol. The average molecular weight is 504 g/mol. The van der Waals surface area contributed by atoms with Crippen molar-refractivity contribution in [1.82, 2.24) is 14.5 Å². The second kappa shape index (κ2) is 10.8. The number of rotatable bonds is 9. The molecular formula is C25H27F2N3O6. The lowest BCUT2D eigenvalue weighted by Crippen LogP contribution is -2.46. The van der Waals surface area contributed by atoms with Gasteiger partial charge in [0.05, 0.1) is 37.7 Å². The van der Waals surface area contributed by atoms with Crippen LogP contribution in [0.5, 0.6) is 17.2 Å². The molecule has 0 saturated carbocycles. The SMILES string of the molecule is COc1ccc(Cn2c(=O)c3cc(OC(CF)CF)ccc3n(C3CCC(=O)NC3)c2=O)cc1OC. The quantitative estimate of drug-likeness (QED) is 0.481. The number of carbonyl (C=O) groups is 1. The number of benzene rings is 2. The van der Waals surface area contributed by atoms with Gasteiger partial charge in [-0.2, -0.15) is 0 Å². The Hall–Kier alpha value is -3.89. The summed E-state index contributed by atoms with van der Waals surface area (Å²) in [5, 5.41) is 2.92. The van der Waals surface area contributed by atoms with Crippen LogP contribution in [-0.2, 0) is 11.3 Å². The van der Waals surface area contributed by atoms with Crippen LogP contribution in [-0.4, -0.2) is 55.3 Å². The third-order valence-electron chi connectivity index (χ3n) is 6.18. The van der Waals surface area contributed by atoms with Crippen LogP contribution in [0.3, 0.4) is 0 Å². The van der Waals surface area contributed by atoms with E-state index >= 15 is 0 Å². The maximum atomic E-state index is 13.6. The number of piperidine rings is 1. The summed E-state index contributed by atoms with van der Waals surface area (Å²) in [4.78, 5) is 38.9. The van der Waals surface area contributed by atoms with Gasteiger partial charge in [-0.1, -0.05) is 6.07 Å². The monoisotopic (exact) mass is 503 g/mol. The summed E-state index contributed by atoms with van der Waals surface area (Å²) in [5.74, 6) is 0.944. The van der Waals surface area contributed by atoms with Crippen molar-refractivity contribution in [1.29, 1.82) is 0 Å². The van der Waals surface area contributed by atoms with Gasteiger partial charge in [-0.25, -0.2) is 13.6 Å². The Morgan fingerprint density at radius 2 is 1.78 bits per heavy atom. The van der Waals surface area contributed by atoms with Crippen molar-refractivity contribution in [3.8, 4) is 17.2 Å². The van der Waals surface area contributed by atoms with Crippen molar-refractivity contribution in [3.05, 3.63) is 62.8 Å². The smallest absolute Gasteiger partial charge is 0.332 e. The number of halogens is 2. The summed E-state index contributed by atoms with van der Waals surface area (Å²) in [5.41, 5.74) is -0.151. The first-order chi connectivity index (χ1) is 17.4. The maximum absolute atomic E-state index is 13.6. The minimum Gasteiger partial charge on any atom is -0.493 e. The van der Waals surface area contributed by atoms with E-state index in [-0.39, 0.29) is 42.6 Å². The minimum absolute atomic E-state index is 0.0598. The lowest BCUT2D eigenvalue weighted by molar-refractivity contribution is -0.122. The summed E-state index contributed by atoms with van der Waals surface area (Å²) >= 11 is 0. The molecule has 2 heterocycles. The Balaban J connectivity index is 1.87. The van der Waals surface area contributed by atoms with E-state index in [1.54, 1.807) is 18.2 Å². The number of hydrogen-bond acceptors (Lipinski definition) is 6. The van der Waals surface area contributed by atoms with Gasteiger partial charge in [-0.05, 0) is 42.3 Å². The van der Waals surface area contributed by atoms with Gasteiger partial charge in [0.2, 0.25) is 5.91 Å². The second-order valence-electron chi connectivity index (χ2n) is 8.46. The molecule has 3 aromatic rings. The Kier molecular flexibility index (Phi) is 7.56. The van der Waals surface area contributed by atoms with E-state index in [0.29, 0.717) is 29.0 Å². The number of aromatic nitrogens is 2. The van der Waals surface area contributed by atoms with Gasteiger partial charge in [0.25, 0.3) is 5.56 Å². The zero-order valence-electron chi connectivity index (χ0n) is 20.0. The molecule has 36 heavy (non-hydrogen) atoms. The van der Waals surface area contributed by atoms with Crippen LogP contribution in [0.1, 0.15) is 24.4 Å². The van der Waals surface area contributed by atoms with Crippen LogP contribution in [0.2, 0.25) is 0 Å². The number of hydrogen-bond donors (Lipinski definition) is 1. The van der Waals surface area contributed by atoms with Gasteiger partial charge in [-0.3, -0.25) is 18.7 Å². The van der Waals surface area contributed by atoms with Gasteiger partial charge < -0.3 is 19.5 Å². The standard InChI is InChI=1S/C25H27F2N3O6/c1-34-21-7-3-15(9-22(21)35-2)14-29-24(32)19-10-17(36-18(11-26)12-27)5-6-20(19)30(25(29)33)16-4-8-23(31)28-13-16/h3,5-7,9-10,16,18H,4,8,11-14H2,1-2H3,(H,28,31). The Morgan fingerprint density at radius 1 is 1.03 bits per heavy atom. The number of amides is 1. The molecule has 11 heteroatoms. The molecule has 4 rings (SSSR count). The Bertz CT molecular complexity index is 1370. The van der Waals surface area contributed by atoms with Crippen LogP contribution in [0, 0.1) is 0 Å². The molecule has 1 N–H and O–H groups in total. The summed E-state index contributed by atoms with van der Waals surface area (Å²) < 4.78 is 44.6. The topological polar surface area (TPSA) is 101 Å². The fourth-order valence-electron chi connectivity index (χ4n) is 4.33. The highest BCUT2D eigenvalue weighted by Gasteiger charge is 2.25. The molecule has 1 aromatic heterocycles. The minimum atomic E-state index is -1.30. The zero-order chi connectivity index (χ0) is 25.8. The third-order valence-corrected chi connectivity index (χ3v) is 6.18. The molecular weight excluding hydrogens is 476 g/mol. The molecule has 1 aliphatic rings. The van der Waals surface area contributed by atoms with Crippen LogP contribution in [0.4, 0.5) is 8.78 Å². The molecule has 1 atom stereocenters. The van der Waals surface area contributed by atoms with E-state index in [2.05, 4.69) is 5.32 Å². The van der Waals surface area contributed by atoms with E-state index in [1.165, 1.54) is 37.0 Å². The average Bonchev–Trinajstić information content (AvgIpc) is 2.90. The van der Waals surface area contributed by atoms with Crippen molar-refractivity contribution in [2.45, 2.75) is 31.5 Å². The molecule has 1 aliphatic heterocycles. The highest BCUT2D eigenvalue weighted by atomic mass is 19.1. The number of alkyl halides is 2. The van der Waals surface area contributed by atoms with Gasteiger partial charge >= 0.3 is 5.69 Å². The summed E-state index contributed by atoms with van der Waals surface area (Å²) in [6, 6.07) is 9.07. The predicted octanol–water partition coefficient (Wildman–Crippen LogP) is 2.37. The number of nitrogens with zero attached hydrogens (tertiary/aromatic N) is 2. The molecule has 1 saturated heterocycles. The van der Waals surface area contributed by atoms with Gasteiger partial charge in [0.1, 0.15) is 19.1 Å².